The maximum atomic E-state index is 11.2. The van der Waals surface area contributed by atoms with E-state index in [1.54, 1.807) is 0 Å². The van der Waals surface area contributed by atoms with Crippen molar-refractivity contribution in [2.24, 2.45) is 0 Å². The van der Waals surface area contributed by atoms with E-state index in [0.29, 0.717) is 23.6 Å². The zero-order chi connectivity index (χ0) is 11.3. The number of hydrogen-bond donors (Lipinski definition) is 1. The van der Waals surface area contributed by atoms with Gasteiger partial charge in [0.25, 0.3) is 0 Å². The fraction of sp³-hybridized carbons (Fsp3) is 1.00. The maximum Gasteiger partial charge on any atom is 0.150 e. The van der Waals surface area contributed by atoms with Gasteiger partial charge in [-0.3, -0.25) is 0 Å². The SMILES string of the molecule is CCC(CSC)NC1CCS(=O)(=O)CC1. The second-order valence-electron chi connectivity index (χ2n) is 4.15. The molecule has 1 unspecified atom stereocenters. The van der Waals surface area contributed by atoms with Crippen molar-refractivity contribution in [2.75, 3.05) is 23.5 Å². The van der Waals surface area contributed by atoms with Gasteiger partial charge in [0.1, 0.15) is 9.84 Å². The van der Waals surface area contributed by atoms with Crippen molar-refractivity contribution in [1.82, 2.24) is 5.32 Å². The van der Waals surface area contributed by atoms with Gasteiger partial charge in [0.05, 0.1) is 11.5 Å². The van der Waals surface area contributed by atoms with E-state index < -0.39 is 9.84 Å². The number of nitrogens with one attached hydrogen (secondary N) is 1. The summed E-state index contributed by atoms with van der Waals surface area (Å²) >= 11 is 1.84. The van der Waals surface area contributed by atoms with E-state index in [0.717, 1.165) is 25.0 Å². The smallest absolute Gasteiger partial charge is 0.150 e. The van der Waals surface area contributed by atoms with Crippen LogP contribution in [0, 0.1) is 0 Å². The van der Waals surface area contributed by atoms with Crippen molar-refractivity contribution < 1.29 is 8.42 Å². The van der Waals surface area contributed by atoms with Gasteiger partial charge in [-0.05, 0) is 25.5 Å². The van der Waals surface area contributed by atoms with Gasteiger partial charge in [0.2, 0.25) is 0 Å². The Balaban J connectivity index is 2.34. The molecule has 0 aromatic heterocycles. The molecule has 0 bridgehead atoms. The van der Waals surface area contributed by atoms with E-state index in [1.807, 2.05) is 11.8 Å². The topological polar surface area (TPSA) is 46.2 Å². The van der Waals surface area contributed by atoms with Gasteiger partial charge < -0.3 is 5.32 Å². The van der Waals surface area contributed by atoms with E-state index in [2.05, 4.69) is 18.5 Å². The third kappa shape index (κ3) is 4.74. The molecule has 1 atom stereocenters. The molecular weight excluding hydrogens is 230 g/mol. The van der Waals surface area contributed by atoms with Crippen LogP contribution < -0.4 is 5.32 Å². The lowest BCUT2D eigenvalue weighted by Crippen LogP contribution is -2.43. The van der Waals surface area contributed by atoms with Gasteiger partial charge in [-0.2, -0.15) is 11.8 Å². The fourth-order valence-corrected chi connectivity index (χ4v) is 4.10. The standard InChI is InChI=1S/C10H21NO2S2/c1-3-9(8-14-2)11-10-4-6-15(12,13)7-5-10/h9-11H,3-8H2,1-2H3. The van der Waals surface area contributed by atoms with Crippen LogP contribution in [0.2, 0.25) is 0 Å². The molecule has 0 saturated carbocycles. The largest absolute Gasteiger partial charge is 0.310 e. The molecule has 1 N–H and O–H groups in total. The summed E-state index contributed by atoms with van der Waals surface area (Å²) in [4.78, 5) is 0. The van der Waals surface area contributed by atoms with Crippen molar-refractivity contribution in [1.29, 1.82) is 0 Å². The lowest BCUT2D eigenvalue weighted by Gasteiger charge is -2.27. The summed E-state index contributed by atoms with van der Waals surface area (Å²) in [6, 6.07) is 0.941. The highest BCUT2D eigenvalue weighted by Crippen LogP contribution is 2.14. The summed E-state index contributed by atoms with van der Waals surface area (Å²) in [6.07, 6.45) is 4.79. The molecule has 1 saturated heterocycles. The van der Waals surface area contributed by atoms with Crippen LogP contribution in [0.1, 0.15) is 26.2 Å². The quantitative estimate of drug-likeness (QED) is 0.800. The summed E-state index contributed by atoms with van der Waals surface area (Å²) in [6.45, 7) is 2.17. The van der Waals surface area contributed by atoms with Crippen molar-refractivity contribution in [3.05, 3.63) is 0 Å². The Hall–Kier alpha value is 0.260. The van der Waals surface area contributed by atoms with Crippen LogP contribution in [-0.4, -0.2) is 44.0 Å². The molecule has 0 radical (unpaired) electrons. The van der Waals surface area contributed by atoms with Crippen LogP contribution in [0.25, 0.3) is 0 Å². The molecule has 1 rings (SSSR count). The summed E-state index contributed by atoms with van der Waals surface area (Å²) in [7, 11) is -2.72. The average molecular weight is 251 g/mol. The van der Waals surface area contributed by atoms with E-state index in [9.17, 15) is 8.42 Å². The first-order valence-electron chi connectivity index (χ1n) is 5.53. The predicted octanol–water partition coefficient (Wildman–Crippen LogP) is 1.29. The van der Waals surface area contributed by atoms with Gasteiger partial charge in [-0.25, -0.2) is 8.42 Å². The number of thioether (sulfide) groups is 1. The Kier molecular flexibility index (Phi) is 5.43. The lowest BCUT2D eigenvalue weighted by molar-refractivity contribution is 0.410. The maximum absolute atomic E-state index is 11.2. The second kappa shape index (κ2) is 6.11. The van der Waals surface area contributed by atoms with Crippen molar-refractivity contribution >= 4 is 21.6 Å². The molecular formula is C10H21NO2S2. The highest BCUT2D eigenvalue weighted by atomic mass is 32.2. The normalized spacial score (nSPS) is 23.9. The van der Waals surface area contributed by atoms with E-state index in [1.165, 1.54) is 0 Å². The highest BCUT2D eigenvalue weighted by molar-refractivity contribution is 7.98. The minimum atomic E-state index is -2.72. The number of hydrogen-bond acceptors (Lipinski definition) is 4. The van der Waals surface area contributed by atoms with Crippen LogP contribution in [0.4, 0.5) is 0 Å². The third-order valence-electron chi connectivity index (χ3n) is 2.89. The summed E-state index contributed by atoms with van der Waals surface area (Å²) in [5.41, 5.74) is 0. The van der Waals surface area contributed by atoms with E-state index >= 15 is 0 Å². The first-order chi connectivity index (χ1) is 7.07. The van der Waals surface area contributed by atoms with Crippen molar-refractivity contribution in [3.63, 3.8) is 0 Å². The molecule has 1 aliphatic rings. The van der Waals surface area contributed by atoms with Crippen LogP contribution in [-0.2, 0) is 9.84 Å². The first kappa shape index (κ1) is 13.3. The third-order valence-corrected chi connectivity index (χ3v) is 5.34. The van der Waals surface area contributed by atoms with Gasteiger partial charge >= 0.3 is 0 Å². The van der Waals surface area contributed by atoms with E-state index in [4.69, 9.17) is 0 Å². The summed E-state index contributed by atoms with van der Waals surface area (Å²) in [5.74, 6) is 1.83. The highest BCUT2D eigenvalue weighted by Gasteiger charge is 2.24. The Morgan fingerprint density at radius 2 is 2.00 bits per heavy atom. The van der Waals surface area contributed by atoms with Gasteiger partial charge in [0, 0.05) is 17.8 Å². The predicted molar refractivity (Wildman–Crippen MR) is 67.3 cm³/mol. The summed E-state index contributed by atoms with van der Waals surface area (Å²) in [5, 5.41) is 3.56. The average Bonchev–Trinajstić information content (AvgIpc) is 2.20. The molecule has 0 aromatic rings. The number of sulfone groups is 1. The molecule has 0 amide bonds. The second-order valence-corrected chi connectivity index (χ2v) is 7.37. The minimum absolute atomic E-state index is 0.361. The molecule has 5 heteroatoms. The lowest BCUT2D eigenvalue weighted by atomic mass is 10.1. The van der Waals surface area contributed by atoms with Crippen LogP contribution in [0.3, 0.4) is 0 Å². The van der Waals surface area contributed by atoms with E-state index in [-0.39, 0.29) is 0 Å². The fourth-order valence-electron chi connectivity index (χ4n) is 1.88. The van der Waals surface area contributed by atoms with Gasteiger partial charge in [-0.15, -0.1) is 0 Å². The zero-order valence-corrected chi connectivity index (χ0v) is 11.2. The molecule has 0 aromatic carbocycles. The first-order valence-corrected chi connectivity index (χ1v) is 8.74. The van der Waals surface area contributed by atoms with Gasteiger partial charge in [-0.1, -0.05) is 6.92 Å². The minimum Gasteiger partial charge on any atom is -0.310 e. The Labute approximate surface area is 97.3 Å². The monoisotopic (exact) mass is 251 g/mol. The zero-order valence-electron chi connectivity index (χ0n) is 9.53. The van der Waals surface area contributed by atoms with Crippen LogP contribution in [0.5, 0.6) is 0 Å². The van der Waals surface area contributed by atoms with Crippen molar-refractivity contribution in [2.45, 2.75) is 38.3 Å². The Morgan fingerprint density at radius 1 is 1.40 bits per heavy atom. The molecule has 1 aliphatic heterocycles. The van der Waals surface area contributed by atoms with Crippen LogP contribution >= 0.6 is 11.8 Å². The Morgan fingerprint density at radius 3 is 2.47 bits per heavy atom. The number of rotatable bonds is 5. The molecule has 0 spiro atoms. The molecule has 1 fully saturated rings. The summed E-state index contributed by atoms with van der Waals surface area (Å²) < 4.78 is 22.5. The van der Waals surface area contributed by atoms with Crippen molar-refractivity contribution in [3.8, 4) is 0 Å². The van der Waals surface area contributed by atoms with Gasteiger partial charge in [0.15, 0.2) is 0 Å². The molecule has 3 nitrogen and oxygen atoms in total. The molecule has 90 valence electrons. The molecule has 15 heavy (non-hydrogen) atoms. The Bertz CT molecular complexity index is 263. The van der Waals surface area contributed by atoms with Crippen LogP contribution in [0.15, 0.2) is 0 Å². The molecule has 0 aliphatic carbocycles. The molecule has 1 heterocycles.